The molecule has 0 spiro atoms. The second-order valence-corrected chi connectivity index (χ2v) is 8.22. The van der Waals surface area contributed by atoms with Gasteiger partial charge in [-0.2, -0.15) is 0 Å². The Kier molecular flexibility index (Phi) is 13.3. The first-order valence-corrected chi connectivity index (χ1v) is 11.4. The first-order chi connectivity index (χ1) is 17.4. The lowest BCUT2D eigenvalue weighted by molar-refractivity contribution is -0.143. The number of carboxylic acids is 3. The van der Waals surface area contributed by atoms with Crippen LogP contribution < -0.4 is 27.4 Å². The third-order valence-electron chi connectivity index (χ3n) is 5.19. The number of nitrogens with one attached hydrogen (secondary N) is 4. The van der Waals surface area contributed by atoms with Crippen LogP contribution in [0.5, 0.6) is 0 Å². The fraction of sp³-hybridized carbons (Fsp3) is 0.571. The third kappa shape index (κ3) is 12.0. The highest BCUT2D eigenvalue weighted by Gasteiger charge is 2.31. The first kappa shape index (κ1) is 31.0. The Hall–Kier alpha value is -4.05. The molecule has 0 fully saturated rings. The van der Waals surface area contributed by atoms with Crippen LogP contribution in [0.4, 0.5) is 0 Å². The molecule has 0 saturated heterocycles. The van der Waals surface area contributed by atoms with Crippen molar-refractivity contribution in [3.05, 3.63) is 18.2 Å². The molecule has 16 heteroatoms. The van der Waals surface area contributed by atoms with Crippen LogP contribution in [0.15, 0.2) is 12.5 Å². The van der Waals surface area contributed by atoms with Crippen LogP contribution in [-0.4, -0.2) is 91.6 Å². The van der Waals surface area contributed by atoms with Gasteiger partial charge in [0.05, 0.1) is 18.8 Å². The van der Waals surface area contributed by atoms with Gasteiger partial charge in [0, 0.05) is 24.7 Å². The standard InChI is InChI=1S/C21H33N7O9/c22-6-2-1-3-12(23)18(33)27-14(8-17(31)32)20(35)26-13(4-5-16(29)30)19(34)28-15(21(36)37)7-11-9-24-10-25-11/h9-10,12-15H,1-8,22-23H2,(H,24,25)(H,26,35)(H,27,33)(H,28,34)(H,29,30)(H,31,32)(H,36,37). The number of hydrogen-bond acceptors (Lipinski definition) is 9. The summed E-state index contributed by atoms with van der Waals surface area (Å²) in [6.07, 6.45) is 2.01. The monoisotopic (exact) mass is 527 g/mol. The molecule has 11 N–H and O–H groups in total. The molecule has 0 aromatic carbocycles. The summed E-state index contributed by atoms with van der Waals surface area (Å²) < 4.78 is 0. The van der Waals surface area contributed by atoms with Gasteiger partial charge in [0.2, 0.25) is 17.7 Å². The molecule has 0 aliphatic carbocycles. The molecule has 16 nitrogen and oxygen atoms in total. The molecular weight excluding hydrogens is 494 g/mol. The summed E-state index contributed by atoms with van der Waals surface area (Å²) >= 11 is 0. The lowest BCUT2D eigenvalue weighted by Crippen LogP contribution is -2.57. The minimum atomic E-state index is -1.63. The zero-order valence-corrected chi connectivity index (χ0v) is 20.0. The zero-order valence-electron chi connectivity index (χ0n) is 20.0. The van der Waals surface area contributed by atoms with E-state index in [1.807, 2.05) is 0 Å². The van der Waals surface area contributed by atoms with E-state index in [2.05, 4.69) is 25.9 Å². The summed E-state index contributed by atoms with van der Waals surface area (Å²) in [4.78, 5) is 78.4. The number of hydrogen-bond donors (Lipinski definition) is 9. The number of carboxylic acid groups (broad SMARTS) is 3. The Balaban J connectivity index is 2.98. The van der Waals surface area contributed by atoms with Gasteiger partial charge < -0.3 is 47.7 Å². The zero-order chi connectivity index (χ0) is 28.0. The number of rotatable bonds is 18. The molecule has 4 unspecified atom stereocenters. The van der Waals surface area contributed by atoms with Crippen molar-refractivity contribution >= 4 is 35.6 Å². The van der Waals surface area contributed by atoms with E-state index in [0.717, 1.165) is 0 Å². The Labute approximate surface area is 211 Å². The lowest BCUT2D eigenvalue weighted by Gasteiger charge is -2.24. The number of carbonyl (C=O) groups is 6. The van der Waals surface area contributed by atoms with Crippen LogP contribution in [0.2, 0.25) is 0 Å². The lowest BCUT2D eigenvalue weighted by atomic mass is 10.1. The van der Waals surface area contributed by atoms with Crippen LogP contribution in [0.3, 0.4) is 0 Å². The highest BCUT2D eigenvalue weighted by atomic mass is 16.4. The van der Waals surface area contributed by atoms with E-state index in [1.54, 1.807) is 0 Å². The molecule has 1 aromatic heterocycles. The highest BCUT2D eigenvalue weighted by molar-refractivity contribution is 5.95. The number of imidazole rings is 1. The average Bonchev–Trinajstić information content (AvgIpc) is 3.33. The molecule has 1 heterocycles. The van der Waals surface area contributed by atoms with Crippen LogP contribution in [-0.2, 0) is 35.2 Å². The van der Waals surface area contributed by atoms with Crippen molar-refractivity contribution in [1.82, 2.24) is 25.9 Å². The summed E-state index contributed by atoms with van der Waals surface area (Å²) in [7, 11) is 0. The quantitative estimate of drug-likeness (QED) is 0.0881. The number of amides is 3. The van der Waals surface area contributed by atoms with Gasteiger partial charge in [0.15, 0.2) is 0 Å². The molecule has 0 saturated carbocycles. The number of carbonyl (C=O) groups excluding carboxylic acids is 3. The number of nitrogens with two attached hydrogens (primary N) is 2. The maximum atomic E-state index is 12.8. The SMILES string of the molecule is NCCCCC(N)C(=O)NC(CC(=O)O)C(=O)NC(CCC(=O)O)C(=O)NC(Cc1cnc[nH]1)C(=O)O. The Morgan fingerprint density at radius 2 is 1.49 bits per heavy atom. The minimum Gasteiger partial charge on any atom is -0.481 e. The molecular formula is C21H33N7O9. The summed E-state index contributed by atoms with van der Waals surface area (Å²) in [6.45, 7) is 0.392. The van der Waals surface area contributed by atoms with Crippen LogP contribution in [0.25, 0.3) is 0 Å². The molecule has 206 valence electrons. The van der Waals surface area contributed by atoms with Gasteiger partial charge in [-0.25, -0.2) is 9.78 Å². The molecule has 37 heavy (non-hydrogen) atoms. The maximum Gasteiger partial charge on any atom is 0.326 e. The second kappa shape index (κ2) is 15.8. The Morgan fingerprint density at radius 3 is 2.03 bits per heavy atom. The van der Waals surface area contributed by atoms with Gasteiger partial charge in [-0.15, -0.1) is 0 Å². The molecule has 1 aromatic rings. The smallest absolute Gasteiger partial charge is 0.326 e. The number of unbranched alkanes of at least 4 members (excludes halogenated alkanes) is 1. The van der Waals surface area contributed by atoms with E-state index in [4.69, 9.17) is 16.6 Å². The van der Waals surface area contributed by atoms with E-state index in [0.29, 0.717) is 25.1 Å². The van der Waals surface area contributed by atoms with E-state index >= 15 is 0 Å². The topological polar surface area (TPSA) is 280 Å². The Bertz CT molecular complexity index is 939. The van der Waals surface area contributed by atoms with Crippen molar-refractivity contribution in [1.29, 1.82) is 0 Å². The van der Waals surface area contributed by atoms with E-state index < -0.39 is 79.1 Å². The van der Waals surface area contributed by atoms with Crippen molar-refractivity contribution in [2.24, 2.45) is 11.5 Å². The van der Waals surface area contributed by atoms with E-state index in [1.165, 1.54) is 12.5 Å². The van der Waals surface area contributed by atoms with Gasteiger partial charge >= 0.3 is 17.9 Å². The van der Waals surface area contributed by atoms with Gasteiger partial charge in [0.25, 0.3) is 0 Å². The van der Waals surface area contributed by atoms with Crippen LogP contribution in [0, 0.1) is 0 Å². The molecule has 4 atom stereocenters. The predicted molar refractivity (Wildman–Crippen MR) is 126 cm³/mol. The Morgan fingerprint density at radius 1 is 0.865 bits per heavy atom. The molecule has 3 amide bonds. The molecule has 0 bridgehead atoms. The van der Waals surface area contributed by atoms with Gasteiger partial charge in [-0.05, 0) is 25.8 Å². The molecule has 0 aliphatic heterocycles. The largest absolute Gasteiger partial charge is 0.481 e. The predicted octanol–water partition coefficient (Wildman–Crippen LogP) is -2.71. The molecule has 1 rings (SSSR count). The third-order valence-corrected chi connectivity index (χ3v) is 5.19. The van der Waals surface area contributed by atoms with Crippen molar-refractivity contribution in [3.8, 4) is 0 Å². The fourth-order valence-electron chi connectivity index (χ4n) is 3.20. The summed E-state index contributed by atoms with van der Waals surface area (Å²) in [5.74, 6) is -7.02. The first-order valence-electron chi connectivity index (χ1n) is 11.4. The minimum absolute atomic E-state index is 0.180. The molecule has 0 aliphatic rings. The van der Waals surface area contributed by atoms with E-state index in [-0.39, 0.29) is 12.8 Å². The van der Waals surface area contributed by atoms with Crippen LogP contribution in [0.1, 0.15) is 44.2 Å². The van der Waals surface area contributed by atoms with Gasteiger partial charge in [-0.3, -0.25) is 24.0 Å². The average molecular weight is 528 g/mol. The normalized spacial score (nSPS) is 14.0. The van der Waals surface area contributed by atoms with Crippen molar-refractivity contribution in [3.63, 3.8) is 0 Å². The summed E-state index contributed by atoms with van der Waals surface area (Å²) in [5.41, 5.74) is 11.6. The van der Waals surface area contributed by atoms with Crippen molar-refractivity contribution in [2.45, 2.75) is 69.1 Å². The summed E-state index contributed by atoms with van der Waals surface area (Å²) in [6, 6.07) is -5.66. The fourth-order valence-corrected chi connectivity index (χ4v) is 3.20. The summed E-state index contributed by atoms with van der Waals surface area (Å²) in [5, 5.41) is 34.3. The van der Waals surface area contributed by atoms with Crippen molar-refractivity contribution in [2.75, 3.05) is 6.54 Å². The number of aromatic amines is 1. The number of H-pyrrole nitrogens is 1. The molecule has 0 radical (unpaired) electrons. The van der Waals surface area contributed by atoms with Crippen LogP contribution >= 0.6 is 0 Å². The second-order valence-electron chi connectivity index (χ2n) is 8.22. The van der Waals surface area contributed by atoms with Crippen molar-refractivity contribution < 1.29 is 44.1 Å². The number of aromatic nitrogens is 2. The van der Waals surface area contributed by atoms with Gasteiger partial charge in [0.1, 0.15) is 18.1 Å². The maximum absolute atomic E-state index is 12.8. The van der Waals surface area contributed by atoms with Gasteiger partial charge in [-0.1, -0.05) is 6.42 Å². The van der Waals surface area contributed by atoms with E-state index in [9.17, 15) is 39.0 Å². The number of aliphatic carboxylic acids is 3. The number of nitrogens with zero attached hydrogens (tertiary/aromatic N) is 1. The highest BCUT2D eigenvalue weighted by Crippen LogP contribution is 2.06.